The average molecular weight is 211 g/mol. The Hall–Kier alpha value is -1.06. The first-order valence-electron chi connectivity index (χ1n) is 4.45. The summed E-state index contributed by atoms with van der Waals surface area (Å²) in [7, 11) is 1.88. The quantitative estimate of drug-likeness (QED) is 0.829. The van der Waals surface area contributed by atoms with E-state index < -0.39 is 0 Å². The molecule has 0 fully saturated rings. The van der Waals surface area contributed by atoms with Gasteiger partial charge in [0.15, 0.2) is 5.76 Å². The summed E-state index contributed by atoms with van der Waals surface area (Å²) in [4.78, 5) is 0. The van der Waals surface area contributed by atoms with Crippen LogP contribution in [0.25, 0.3) is 10.9 Å². The SMILES string of the molecule is CNC(C)c1onc2c(Cl)cccc12. The molecule has 74 valence electrons. The fourth-order valence-electron chi connectivity index (χ4n) is 1.39. The summed E-state index contributed by atoms with van der Waals surface area (Å²) in [6.45, 7) is 2.01. The van der Waals surface area contributed by atoms with Gasteiger partial charge in [0.05, 0.1) is 11.1 Å². The van der Waals surface area contributed by atoms with Crippen molar-refractivity contribution in [3.8, 4) is 0 Å². The van der Waals surface area contributed by atoms with E-state index in [4.69, 9.17) is 16.1 Å². The van der Waals surface area contributed by atoms with Crippen LogP contribution in [0.15, 0.2) is 22.7 Å². The van der Waals surface area contributed by atoms with Crippen molar-refractivity contribution in [3.63, 3.8) is 0 Å². The molecule has 1 N–H and O–H groups in total. The van der Waals surface area contributed by atoms with E-state index in [1.54, 1.807) is 6.07 Å². The average Bonchev–Trinajstić information content (AvgIpc) is 2.62. The lowest BCUT2D eigenvalue weighted by molar-refractivity contribution is 0.361. The smallest absolute Gasteiger partial charge is 0.161 e. The molecular weight excluding hydrogens is 200 g/mol. The van der Waals surface area contributed by atoms with Crippen LogP contribution in [0, 0.1) is 0 Å². The molecular formula is C10H11ClN2O. The maximum atomic E-state index is 5.98. The van der Waals surface area contributed by atoms with E-state index in [2.05, 4.69) is 10.5 Å². The normalized spacial score (nSPS) is 13.4. The first-order chi connectivity index (χ1) is 6.74. The lowest BCUT2D eigenvalue weighted by Gasteiger charge is -2.04. The number of hydrogen-bond donors (Lipinski definition) is 1. The van der Waals surface area contributed by atoms with Gasteiger partial charge < -0.3 is 9.84 Å². The summed E-state index contributed by atoms with van der Waals surface area (Å²) in [6, 6.07) is 5.80. The van der Waals surface area contributed by atoms with Gasteiger partial charge in [-0.1, -0.05) is 22.8 Å². The van der Waals surface area contributed by atoms with Crippen LogP contribution in [0.3, 0.4) is 0 Å². The van der Waals surface area contributed by atoms with Gasteiger partial charge in [-0.2, -0.15) is 0 Å². The van der Waals surface area contributed by atoms with Crippen LogP contribution >= 0.6 is 11.6 Å². The van der Waals surface area contributed by atoms with Gasteiger partial charge >= 0.3 is 0 Å². The second-order valence-electron chi connectivity index (χ2n) is 3.19. The van der Waals surface area contributed by atoms with E-state index in [9.17, 15) is 0 Å². The Balaban J connectivity index is 2.63. The Labute approximate surface area is 87.0 Å². The molecule has 0 spiro atoms. The molecule has 1 aromatic heterocycles. The number of benzene rings is 1. The molecule has 0 aliphatic heterocycles. The molecule has 0 bridgehead atoms. The monoisotopic (exact) mass is 210 g/mol. The van der Waals surface area contributed by atoms with Crippen molar-refractivity contribution in [2.24, 2.45) is 0 Å². The van der Waals surface area contributed by atoms with Crippen molar-refractivity contribution in [1.82, 2.24) is 10.5 Å². The van der Waals surface area contributed by atoms with E-state index in [0.29, 0.717) is 5.02 Å². The number of aromatic nitrogens is 1. The Kier molecular flexibility index (Phi) is 2.44. The molecule has 0 radical (unpaired) electrons. The molecule has 1 heterocycles. The predicted molar refractivity (Wildman–Crippen MR) is 56.5 cm³/mol. The second-order valence-corrected chi connectivity index (χ2v) is 3.60. The lowest BCUT2D eigenvalue weighted by Crippen LogP contribution is -2.11. The minimum atomic E-state index is 0.137. The van der Waals surface area contributed by atoms with Gasteiger partial charge in [0.2, 0.25) is 0 Å². The Morgan fingerprint density at radius 2 is 2.29 bits per heavy atom. The highest BCUT2D eigenvalue weighted by atomic mass is 35.5. The highest BCUT2D eigenvalue weighted by molar-refractivity contribution is 6.35. The Morgan fingerprint density at radius 1 is 1.50 bits per heavy atom. The van der Waals surface area contributed by atoms with Crippen molar-refractivity contribution < 1.29 is 4.52 Å². The molecule has 4 heteroatoms. The number of fused-ring (bicyclic) bond motifs is 1. The molecule has 14 heavy (non-hydrogen) atoms. The van der Waals surface area contributed by atoms with Gasteiger partial charge in [-0.05, 0) is 26.1 Å². The Bertz CT molecular complexity index is 452. The maximum absolute atomic E-state index is 5.98. The third-order valence-electron chi connectivity index (χ3n) is 2.31. The molecule has 0 saturated carbocycles. The van der Waals surface area contributed by atoms with E-state index in [-0.39, 0.29) is 6.04 Å². The molecule has 1 unspecified atom stereocenters. The minimum Gasteiger partial charge on any atom is -0.358 e. The fourth-order valence-corrected chi connectivity index (χ4v) is 1.60. The molecule has 2 rings (SSSR count). The van der Waals surface area contributed by atoms with Crippen LogP contribution < -0.4 is 5.32 Å². The first kappa shape index (κ1) is 9.49. The van der Waals surface area contributed by atoms with Crippen LogP contribution in [0.5, 0.6) is 0 Å². The summed E-state index contributed by atoms with van der Waals surface area (Å²) < 4.78 is 5.25. The van der Waals surface area contributed by atoms with Crippen LogP contribution in [-0.2, 0) is 0 Å². The standard InChI is InChI=1S/C10H11ClN2O/c1-6(12-2)10-7-4-3-5-8(11)9(7)13-14-10/h3-6,12H,1-2H3. The maximum Gasteiger partial charge on any atom is 0.161 e. The zero-order valence-corrected chi connectivity index (χ0v) is 8.80. The third kappa shape index (κ3) is 1.38. The summed E-state index contributed by atoms with van der Waals surface area (Å²) in [5, 5.41) is 8.64. The number of rotatable bonds is 2. The van der Waals surface area contributed by atoms with Gasteiger partial charge in [0, 0.05) is 5.39 Å². The van der Waals surface area contributed by atoms with Crippen molar-refractivity contribution >= 4 is 22.5 Å². The van der Waals surface area contributed by atoms with Gasteiger partial charge in [0.1, 0.15) is 5.52 Å². The van der Waals surface area contributed by atoms with Gasteiger partial charge in [-0.3, -0.25) is 0 Å². The summed E-state index contributed by atoms with van der Waals surface area (Å²) in [5.74, 6) is 0.824. The van der Waals surface area contributed by atoms with Crippen LogP contribution in [0.1, 0.15) is 18.7 Å². The van der Waals surface area contributed by atoms with Crippen molar-refractivity contribution in [2.45, 2.75) is 13.0 Å². The number of nitrogens with one attached hydrogen (secondary N) is 1. The minimum absolute atomic E-state index is 0.137. The number of nitrogens with zero attached hydrogens (tertiary/aromatic N) is 1. The van der Waals surface area contributed by atoms with Gasteiger partial charge in [-0.25, -0.2) is 0 Å². The molecule has 0 aliphatic rings. The summed E-state index contributed by atoms with van der Waals surface area (Å²) >= 11 is 5.98. The predicted octanol–water partition coefficient (Wildman–Crippen LogP) is 2.76. The van der Waals surface area contributed by atoms with Crippen molar-refractivity contribution in [2.75, 3.05) is 7.05 Å². The second kappa shape index (κ2) is 3.59. The van der Waals surface area contributed by atoms with E-state index in [1.165, 1.54) is 0 Å². The Morgan fingerprint density at radius 3 is 3.00 bits per heavy atom. The topological polar surface area (TPSA) is 38.1 Å². The zero-order chi connectivity index (χ0) is 10.1. The molecule has 0 aliphatic carbocycles. The molecule has 0 amide bonds. The van der Waals surface area contributed by atoms with Gasteiger partial charge in [-0.15, -0.1) is 0 Å². The number of halogens is 1. The van der Waals surface area contributed by atoms with Crippen LogP contribution in [0.4, 0.5) is 0 Å². The molecule has 1 aromatic carbocycles. The molecule has 1 atom stereocenters. The zero-order valence-electron chi connectivity index (χ0n) is 8.04. The first-order valence-corrected chi connectivity index (χ1v) is 4.83. The van der Waals surface area contributed by atoms with Crippen molar-refractivity contribution in [1.29, 1.82) is 0 Å². The molecule has 2 aromatic rings. The van der Waals surface area contributed by atoms with Crippen molar-refractivity contribution in [3.05, 3.63) is 29.0 Å². The van der Waals surface area contributed by atoms with E-state index in [1.807, 2.05) is 26.1 Å². The molecule has 3 nitrogen and oxygen atoms in total. The lowest BCUT2D eigenvalue weighted by atomic mass is 10.1. The van der Waals surface area contributed by atoms with Crippen LogP contribution in [-0.4, -0.2) is 12.2 Å². The highest BCUT2D eigenvalue weighted by Crippen LogP contribution is 2.28. The number of hydrogen-bond acceptors (Lipinski definition) is 3. The summed E-state index contributed by atoms with van der Waals surface area (Å²) in [6.07, 6.45) is 0. The third-order valence-corrected chi connectivity index (χ3v) is 2.62. The van der Waals surface area contributed by atoms with E-state index >= 15 is 0 Å². The van der Waals surface area contributed by atoms with Crippen LogP contribution in [0.2, 0.25) is 5.02 Å². The molecule has 0 saturated heterocycles. The largest absolute Gasteiger partial charge is 0.358 e. The fraction of sp³-hybridized carbons (Fsp3) is 0.300. The van der Waals surface area contributed by atoms with E-state index in [0.717, 1.165) is 16.7 Å². The van der Waals surface area contributed by atoms with Gasteiger partial charge in [0.25, 0.3) is 0 Å². The highest BCUT2D eigenvalue weighted by Gasteiger charge is 2.14. The summed E-state index contributed by atoms with van der Waals surface area (Å²) in [5.41, 5.74) is 0.728.